The number of carbonyl (C=O) groups excluding carboxylic acids is 1. The first kappa shape index (κ1) is 12.1. The van der Waals surface area contributed by atoms with Gasteiger partial charge in [-0.15, -0.1) is 0 Å². The number of aromatic amines is 1. The van der Waals surface area contributed by atoms with Crippen LogP contribution in [0, 0.1) is 5.92 Å². The molecule has 17 heavy (non-hydrogen) atoms. The topological polar surface area (TPSA) is 67.0 Å². The van der Waals surface area contributed by atoms with Crippen LogP contribution < -0.4 is 5.32 Å². The first-order valence-corrected chi connectivity index (χ1v) is 6.22. The molecule has 0 aliphatic carbocycles. The molecule has 1 unspecified atom stereocenters. The van der Waals surface area contributed by atoms with Crippen molar-refractivity contribution < 1.29 is 9.53 Å². The first-order chi connectivity index (χ1) is 8.29. The van der Waals surface area contributed by atoms with Crippen LogP contribution in [-0.2, 0) is 16.0 Å². The monoisotopic (exact) mass is 237 g/mol. The first-order valence-electron chi connectivity index (χ1n) is 6.22. The van der Waals surface area contributed by atoms with E-state index in [0.29, 0.717) is 12.4 Å². The smallest absolute Gasteiger partial charge is 0.231 e. The molecule has 2 rings (SSSR count). The highest BCUT2D eigenvalue weighted by Gasteiger charge is 2.22. The van der Waals surface area contributed by atoms with Gasteiger partial charge < -0.3 is 10.1 Å². The van der Waals surface area contributed by atoms with E-state index in [1.807, 2.05) is 6.07 Å². The number of nitrogens with zero attached hydrogens (tertiary/aromatic N) is 1. The van der Waals surface area contributed by atoms with E-state index in [1.54, 1.807) is 0 Å². The number of anilines is 1. The highest BCUT2D eigenvalue weighted by molar-refractivity contribution is 5.91. The van der Waals surface area contributed by atoms with Crippen LogP contribution in [0.2, 0.25) is 0 Å². The quantitative estimate of drug-likeness (QED) is 0.838. The van der Waals surface area contributed by atoms with Crippen molar-refractivity contribution in [2.24, 2.45) is 5.92 Å². The molecule has 0 spiro atoms. The van der Waals surface area contributed by atoms with Crippen LogP contribution in [-0.4, -0.2) is 29.3 Å². The molecule has 94 valence electrons. The Kier molecular flexibility index (Phi) is 4.14. The van der Waals surface area contributed by atoms with Crippen molar-refractivity contribution in [3.05, 3.63) is 11.8 Å². The third-order valence-corrected chi connectivity index (χ3v) is 2.93. The maximum absolute atomic E-state index is 11.9. The number of H-pyrrole nitrogens is 1. The van der Waals surface area contributed by atoms with Crippen molar-refractivity contribution in [2.45, 2.75) is 32.6 Å². The summed E-state index contributed by atoms with van der Waals surface area (Å²) in [7, 11) is 0. The molecule has 0 saturated carbocycles. The molecule has 1 saturated heterocycles. The minimum Gasteiger partial charge on any atom is -0.381 e. The van der Waals surface area contributed by atoms with Crippen LogP contribution in [0.15, 0.2) is 6.07 Å². The number of hydrogen-bond donors (Lipinski definition) is 2. The second-order valence-electron chi connectivity index (χ2n) is 4.43. The molecule has 1 aliphatic rings. The molecule has 2 N–H and O–H groups in total. The summed E-state index contributed by atoms with van der Waals surface area (Å²) in [5.74, 6) is 0.596. The summed E-state index contributed by atoms with van der Waals surface area (Å²) in [5.41, 5.74) is 1.06. The van der Waals surface area contributed by atoms with Gasteiger partial charge in [0.2, 0.25) is 5.91 Å². The summed E-state index contributed by atoms with van der Waals surface area (Å²) < 4.78 is 5.30. The van der Waals surface area contributed by atoms with Gasteiger partial charge in [-0.3, -0.25) is 9.89 Å². The predicted octanol–water partition coefficient (Wildman–Crippen LogP) is 1.73. The van der Waals surface area contributed by atoms with E-state index in [9.17, 15) is 4.79 Å². The Bertz CT molecular complexity index is 370. The fourth-order valence-electron chi connectivity index (χ4n) is 2.00. The summed E-state index contributed by atoms with van der Waals surface area (Å²) in [6.07, 6.45) is 3.87. The van der Waals surface area contributed by atoms with Gasteiger partial charge >= 0.3 is 0 Å². The van der Waals surface area contributed by atoms with Crippen molar-refractivity contribution in [2.75, 3.05) is 18.5 Å². The molecule has 1 aliphatic heterocycles. The van der Waals surface area contributed by atoms with Crippen LogP contribution in [0.3, 0.4) is 0 Å². The number of nitrogens with one attached hydrogen (secondary N) is 2. The van der Waals surface area contributed by atoms with Crippen molar-refractivity contribution in [1.29, 1.82) is 0 Å². The van der Waals surface area contributed by atoms with Gasteiger partial charge in [0.1, 0.15) is 0 Å². The van der Waals surface area contributed by atoms with E-state index in [0.717, 1.165) is 38.0 Å². The van der Waals surface area contributed by atoms with E-state index in [1.165, 1.54) is 0 Å². The minimum absolute atomic E-state index is 0.0132. The summed E-state index contributed by atoms with van der Waals surface area (Å²) in [5, 5.41) is 9.82. The molecule has 5 heteroatoms. The summed E-state index contributed by atoms with van der Waals surface area (Å²) >= 11 is 0. The standard InChI is InChI=1S/C12H19N3O2/c1-2-4-10-7-11(15-14-10)13-12(16)9-5-3-6-17-8-9/h7,9H,2-6,8H2,1H3,(H2,13,14,15,16). The maximum Gasteiger partial charge on any atom is 0.231 e. The van der Waals surface area contributed by atoms with E-state index in [2.05, 4.69) is 22.4 Å². The van der Waals surface area contributed by atoms with Crippen LogP contribution in [0.4, 0.5) is 5.82 Å². The largest absolute Gasteiger partial charge is 0.381 e. The van der Waals surface area contributed by atoms with Crippen LogP contribution in [0.5, 0.6) is 0 Å². The molecule has 1 aromatic heterocycles. The minimum atomic E-state index is -0.0323. The molecule has 1 fully saturated rings. The Balaban J connectivity index is 1.88. The maximum atomic E-state index is 11.9. The molecule has 0 aromatic carbocycles. The molecular weight excluding hydrogens is 218 g/mol. The van der Waals surface area contributed by atoms with Gasteiger partial charge in [0.15, 0.2) is 5.82 Å². The lowest BCUT2D eigenvalue weighted by Gasteiger charge is -2.20. The van der Waals surface area contributed by atoms with Crippen molar-refractivity contribution in [3.63, 3.8) is 0 Å². The Morgan fingerprint density at radius 2 is 2.59 bits per heavy atom. The third kappa shape index (κ3) is 3.30. The summed E-state index contributed by atoms with van der Waals surface area (Å²) in [6.45, 7) is 3.41. The second-order valence-corrected chi connectivity index (χ2v) is 4.43. The number of ether oxygens (including phenoxy) is 1. The molecule has 5 nitrogen and oxygen atoms in total. The van der Waals surface area contributed by atoms with E-state index >= 15 is 0 Å². The zero-order valence-corrected chi connectivity index (χ0v) is 10.2. The highest BCUT2D eigenvalue weighted by atomic mass is 16.5. The zero-order chi connectivity index (χ0) is 12.1. The van der Waals surface area contributed by atoms with E-state index < -0.39 is 0 Å². The molecule has 1 amide bonds. The molecule has 1 aromatic rings. The summed E-state index contributed by atoms with van der Waals surface area (Å²) in [4.78, 5) is 11.9. The third-order valence-electron chi connectivity index (χ3n) is 2.93. The van der Waals surface area contributed by atoms with Gasteiger partial charge in [0, 0.05) is 18.4 Å². The van der Waals surface area contributed by atoms with Gasteiger partial charge in [0.05, 0.1) is 12.5 Å². The normalized spacial score (nSPS) is 20.2. The van der Waals surface area contributed by atoms with E-state index in [-0.39, 0.29) is 11.8 Å². The second kappa shape index (κ2) is 5.82. The Morgan fingerprint density at radius 3 is 3.29 bits per heavy atom. The van der Waals surface area contributed by atoms with Gasteiger partial charge in [-0.1, -0.05) is 13.3 Å². The van der Waals surface area contributed by atoms with Crippen molar-refractivity contribution >= 4 is 11.7 Å². The molecule has 1 atom stereocenters. The van der Waals surface area contributed by atoms with Crippen LogP contribution in [0.1, 0.15) is 31.9 Å². The Morgan fingerprint density at radius 1 is 1.71 bits per heavy atom. The van der Waals surface area contributed by atoms with Gasteiger partial charge in [-0.25, -0.2) is 0 Å². The van der Waals surface area contributed by atoms with Crippen molar-refractivity contribution in [1.82, 2.24) is 10.2 Å². The average Bonchev–Trinajstić information content (AvgIpc) is 2.78. The van der Waals surface area contributed by atoms with Crippen LogP contribution in [0.25, 0.3) is 0 Å². The number of aryl methyl sites for hydroxylation is 1. The van der Waals surface area contributed by atoms with Gasteiger partial charge in [-0.2, -0.15) is 5.10 Å². The average molecular weight is 237 g/mol. The van der Waals surface area contributed by atoms with E-state index in [4.69, 9.17) is 4.74 Å². The molecule has 2 heterocycles. The van der Waals surface area contributed by atoms with Gasteiger partial charge in [-0.05, 0) is 19.3 Å². The van der Waals surface area contributed by atoms with Gasteiger partial charge in [0.25, 0.3) is 0 Å². The Hall–Kier alpha value is -1.36. The number of amides is 1. The zero-order valence-electron chi connectivity index (χ0n) is 10.2. The summed E-state index contributed by atoms with van der Waals surface area (Å²) in [6, 6.07) is 1.89. The highest BCUT2D eigenvalue weighted by Crippen LogP contribution is 2.16. The lowest BCUT2D eigenvalue weighted by atomic mass is 10.0. The SMILES string of the molecule is CCCc1cc(NC(=O)C2CCCOC2)n[nH]1. The number of aromatic nitrogens is 2. The lowest BCUT2D eigenvalue weighted by molar-refractivity contribution is -0.123. The molecular formula is C12H19N3O2. The lowest BCUT2D eigenvalue weighted by Crippen LogP contribution is -2.30. The van der Waals surface area contributed by atoms with Crippen LogP contribution >= 0.6 is 0 Å². The fourth-order valence-corrected chi connectivity index (χ4v) is 2.00. The molecule has 0 radical (unpaired) electrons. The number of rotatable bonds is 4. The Labute approximate surface area is 101 Å². The fraction of sp³-hybridized carbons (Fsp3) is 0.667. The number of hydrogen-bond acceptors (Lipinski definition) is 3. The van der Waals surface area contributed by atoms with Crippen molar-refractivity contribution in [3.8, 4) is 0 Å². The number of carbonyl (C=O) groups is 1. The predicted molar refractivity (Wildman–Crippen MR) is 64.8 cm³/mol. The molecule has 0 bridgehead atoms.